The van der Waals surface area contributed by atoms with E-state index in [0.717, 1.165) is 12.1 Å². The van der Waals surface area contributed by atoms with Crippen LogP contribution in [0.3, 0.4) is 0 Å². The fourth-order valence-electron chi connectivity index (χ4n) is 1.73. The van der Waals surface area contributed by atoms with Gasteiger partial charge < -0.3 is 10.1 Å². The van der Waals surface area contributed by atoms with Gasteiger partial charge in [-0.25, -0.2) is 18.0 Å². The van der Waals surface area contributed by atoms with Crippen LogP contribution in [0.2, 0.25) is 0 Å². The Labute approximate surface area is 116 Å². The molecule has 10 heteroatoms. The second kappa shape index (κ2) is 5.53. The number of nitro benzene ring substituents is 1. The number of ether oxygens (including phenoxy) is 1. The summed E-state index contributed by atoms with van der Waals surface area (Å²) in [5, 5.41) is 12.6. The van der Waals surface area contributed by atoms with Crippen molar-refractivity contribution in [1.82, 2.24) is 5.32 Å². The van der Waals surface area contributed by atoms with E-state index in [1.54, 1.807) is 5.32 Å². The van der Waals surface area contributed by atoms with Crippen LogP contribution in [0.15, 0.2) is 18.2 Å². The minimum atomic E-state index is -3.53. The zero-order valence-electron chi connectivity index (χ0n) is 9.64. The fourth-order valence-corrected chi connectivity index (χ4v) is 1.73. The van der Waals surface area contributed by atoms with Gasteiger partial charge in [0, 0.05) is 0 Å². The Hall–Kier alpha value is -2.03. The number of alkyl carbamates (subject to hydrolysis) is 1. The van der Waals surface area contributed by atoms with E-state index in [1.807, 2.05) is 0 Å². The monoisotopic (exact) mass is 312 g/mol. The van der Waals surface area contributed by atoms with Gasteiger partial charge in [0.1, 0.15) is 11.9 Å². The number of alkyl halides is 2. The molecule has 0 spiro atoms. The molecule has 1 N–H and O–H groups in total. The van der Waals surface area contributed by atoms with E-state index in [4.69, 9.17) is 0 Å². The average molecular weight is 313 g/mol. The topological polar surface area (TPSA) is 81.5 Å². The van der Waals surface area contributed by atoms with E-state index in [1.165, 1.54) is 0 Å². The van der Waals surface area contributed by atoms with E-state index >= 15 is 0 Å². The van der Waals surface area contributed by atoms with Crippen LogP contribution in [-0.2, 0) is 4.74 Å². The molecule has 1 fully saturated rings. The summed E-state index contributed by atoms with van der Waals surface area (Å²) >= 11 is 0. The normalized spacial score (nSPS) is 20.4. The summed E-state index contributed by atoms with van der Waals surface area (Å²) in [4.78, 5) is 20.7. The van der Waals surface area contributed by atoms with Gasteiger partial charge in [0.2, 0.25) is 0 Å². The SMILES string of the molecule is Cl.O=C1N[C@H](c2ccc(F)cc2[N+](=O)[O-])C(F)(F)CO1. The van der Waals surface area contributed by atoms with Crippen molar-refractivity contribution < 1.29 is 27.6 Å². The maximum absolute atomic E-state index is 13.6. The number of nitro groups is 1. The molecule has 2 rings (SSSR count). The van der Waals surface area contributed by atoms with Gasteiger partial charge in [0.15, 0.2) is 6.61 Å². The molecule has 6 nitrogen and oxygen atoms in total. The van der Waals surface area contributed by atoms with Gasteiger partial charge in [0.25, 0.3) is 5.69 Å². The summed E-state index contributed by atoms with van der Waals surface area (Å²) in [5.74, 6) is -4.46. The molecule has 0 bridgehead atoms. The molecule has 20 heavy (non-hydrogen) atoms. The quantitative estimate of drug-likeness (QED) is 0.672. The summed E-state index contributed by atoms with van der Waals surface area (Å²) in [6, 6.07) is 0.236. The molecular formula is C10H8ClF3N2O4. The number of nitrogens with one attached hydrogen (secondary N) is 1. The number of carbonyl (C=O) groups excluding carboxylic acids is 1. The van der Waals surface area contributed by atoms with Crippen LogP contribution in [0.5, 0.6) is 0 Å². The summed E-state index contributed by atoms with van der Waals surface area (Å²) in [7, 11) is 0. The Bertz CT molecular complexity index is 555. The Morgan fingerprint density at radius 1 is 1.45 bits per heavy atom. The van der Waals surface area contributed by atoms with E-state index in [9.17, 15) is 28.1 Å². The van der Waals surface area contributed by atoms with E-state index in [-0.39, 0.29) is 12.4 Å². The lowest BCUT2D eigenvalue weighted by atomic mass is 9.98. The van der Waals surface area contributed by atoms with Crippen LogP contribution in [0.4, 0.5) is 23.7 Å². The maximum Gasteiger partial charge on any atom is 0.408 e. The van der Waals surface area contributed by atoms with Gasteiger partial charge in [-0.15, -0.1) is 12.4 Å². The molecule has 0 aromatic heterocycles. The van der Waals surface area contributed by atoms with Crippen LogP contribution < -0.4 is 5.32 Å². The molecule has 110 valence electrons. The number of cyclic esters (lactones) is 1. The molecule has 0 radical (unpaired) electrons. The molecule has 0 saturated carbocycles. The number of halogens is 4. The van der Waals surface area contributed by atoms with Crippen LogP contribution in [0.25, 0.3) is 0 Å². The zero-order valence-corrected chi connectivity index (χ0v) is 10.5. The smallest absolute Gasteiger partial charge is 0.408 e. The van der Waals surface area contributed by atoms with Crippen molar-refractivity contribution in [2.75, 3.05) is 6.61 Å². The number of hydrogen-bond donors (Lipinski definition) is 1. The van der Waals surface area contributed by atoms with Crippen LogP contribution >= 0.6 is 12.4 Å². The second-order valence-corrected chi connectivity index (χ2v) is 3.87. The molecule has 1 atom stereocenters. The molecule has 1 aliphatic rings. The minimum Gasteiger partial charge on any atom is -0.443 e. The molecule has 1 aromatic carbocycles. The molecule has 1 amide bonds. The Kier molecular flexibility index (Phi) is 4.43. The van der Waals surface area contributed by atoms with Crippen molar-refractivity contribution in [2.24, 2.45) is 0 Å². The number of hydrogen-bond acceptors (Lipinski definition) is 4. The lowest BCUT2D eigenvalue weighted by molar-refractivity contribution is -0.386. The molecule has 1 heterocycles. The molecular weight excluding hydrogens is 305 g/mol. The summed E-state index contributed by atoms with van der Waals surface area (Å²) in [5.41, 5.74) is -1.31. The van der Waals surface area contributed by atoms with Gasteiger partial charge in [-0.05, 0) is 12.1 Å². The summed E-state index contributed by atoms with van der Waals surface area (Å²) in [6.07, 6.45) is -1.12. The number of nitrogens with zero attached hydrogens (tertiary/aromatic N) is 1. The zero-order chi connectivity index (χ0) is 14.2. The van der Waals surface area contributed by atoms with Crippen molar-refractivity contribution in [1.29, 1.82) is 0 Å². The number of benzene rings is 1. The lowest BCUT2D eigenvalue weighted by Crippen LogP contribution is -2.49. The van der Waals surface area contributed by atoms with Gasteiger partial charge in [-0.3, -0.25) is 10.1 Å². The van der Waals surface area contributed by atoms with E-state index in [0.29, 0.717) is 6.07 Å². The van der Waals surface area contributed by atoms with Crippen molar-refractivity contribution in [3.8, 4) is 0 Å². The van der Waals surface area contributed by atoms with E-state index < -0.39 is 46.7 Å². The first-order valence-corrected chi connectivity index (χ1v) is 5.06. The first kappa shape index (κ1) is 16.0. The highest BCUT2D eigenvalue weighted by molar-refractivity contribution is 5.85. The van der Waals surface area contributed by atoms with Crippen molar-refractivity contribution in [3.05, 3.63) is 39.7 Å². The average Bonchev–Trinajstić information content (AvgIpc) is 2.32. The summed E-state index contributed by atoms with van der Waals surface area (Å²) < 4.78 is 44.3. The predicted molar refractivity (Wildman–Crippen MR) is 62.5 cm³/mol. The highest BCUT2D eigenvalue weighted by Crippen LogP contribution is 2.38. The van der Waals surface area contributed by atoms with Crippen molar-refractivity contribution in [3.63, 3.8) is 0 Å². The Balaban J connectivity index is 0.00000200. The third-order valence-corrected chi connectivity index (χ3v) is 2.58. The second-order valence-electron chi connectivity index (χ2n) is 3.87. The first-order valence-electron chi connectivity index (χ1n) is 5.06. The molecule has 1 saturated heterocycles. The Morgan fingerprint density at radius 2 is 2.10 bits per heavy atom. The van der Waals surface area contributed by atoms with Gasteiger partial charge in [-0.2, -0.15) is 0 Å². The highest BCUT2D eigenvalue weighted by Gasteiger charge is 2.49. The van der Waals surface area contributed by atoms with Crippen LogP contribution in [0.1, 0.15) is 11.6 Å². The third kappa shape index (κ3) is 2.93. The van der Waals surface area contributed by atoms with Gasteiger partial charge in [0.05, 0.1) is 16.6 Å². The predicted octanol–water partition coefficient (Wildman–Crippen LogP) is 2.57. The van der Waals surface area contributed by atoms with E-state index in [2.05, 4.69) is 4.74 Å². The van der Waals surface area contributed by atoms with Crippen molar-refractivity contribution in [2.45, 2.75) is 12.0 Å². The van der Waals surface area contributed by atoms with Crippen LogP contribution in [-0.4, -0.2) is 23.5 Å². The van der Waals surface area contributed by atoms with Gasteiger partial charge in [-0.1, -0.05) is 0 Å². The number of carbonyl (C=O) groups is 1. The number of amides is 1. The maximum atomic E-state index is 13.6. The largest absolute Gasteiger partial charge is 0.443 e. The molecule has 0 unspecified atom stereocenters. The lowest BCUT2D eigenvalue weighted by Gasteiger charge is -2.31. The summed E-state index contributed by atoms with van der Waals surface area (Å²) in [6.45, 7) is -1.20. The molecule has 1 aromatic rings. The highest BCUT2D eigenvalue weighted by atomic mass is 35.5. The minimum absolute atomic E-state index is 0. The Morgan fingerprint density at radius 3 is 2.70 bits per heavy atom. The standard InChI is InChI=1S/C10H7F3N2O4.ClH/c11-5-1-2-6(7(3-5)15(17)18)8-10(12,13)4-19-9(16)14-8;/h1-3,8H,4H2,(H,14,16);1H/t8-;/m1./s1. The van der Waals surface area contributed by atoms with Gasteiger partial charge >= 0.3 is 12.0 Å². The number of rotatable bonds is 2. The van der Waals surface area contributed by atoms with Crippen molar-refractivity contribution >= 4 is 24.2 Å². The first-order chi connectivity index (χ1) is 8.81. The fraction of sp³-hybridized carbons (Fsp3) is 0.300. The molecule has 1 aliphatic heterocycles. The molecule has 0 aliphatic carbocycles. The van der Waals surface area contributed by atoms with Crippen LogP contribution in [0, 0.1) is 15.9 Å². The third-order valence-electron chi connectivity index (χ3n) is 2.58.